The summed E-state index contributed by atoms with van der Waals surface area (Å²) >= 11 is 0. The van der Waals surface area contributed by atoms with Crippen LogP contribution < -0.4 is 10.6 Å². The van der Waals surface area contributed by atoms with Gasteiger partial charge >= 0.3 is 0 Å². The van der Waals surface area contributed by atoms with Crippen LogP contribution >= 0.6 is 0 Å². The Morgan fingerprint density at radius 3 is 2.67 bits per heavy atom. The van der Waals surface area contributed by atoms with Crippen LogP contribution in [0.1, 0.15) is 39.5 Å². The molecule has 7 nitrogen and oxygen atoms in total. The maximum atomic E-state index is 4.44. The SMILES string of the molecule is CCCCCC(C)Nc1nc(NC)nc(-n2ccnc2)n1. The van der Waals surface area contributed by atoms with Crippen LogP contribution in [-0.4, -0.2) is 37.6 Å². The average molecular weight is 289 g/mol. The van der Waals surface area contributed by atoms with Gasteiger partial charge < -0.3 is 10.6 Å². The predicted octanol–water partition coefficient (Wildman–Crippen LogP) is 2.48. The summed E-state index contributed by atoms with van der Waals surface area (Å²) < 4.78 is 1.76. The number of nitrogens with one attached hydrogen (secondary N) is 2. The Hall–Kier alpha value is -2.18. The van der Waals surface area contributed by atoms with Crippen molar-refractivity contribution in [2.24, 2.45) is 0 Å². The van der Waals surface area contributed by atoms with Gasteiger partial charge in [-0.05, 0) is 13.3 Å². The molecule has 0 radical (unpaired) electrons. The minimum Gasteiger partial charge on any atom is -0.357 e. The summed E-state index contributed by atoms with van der Waals surface area (Å²) in [5.74, 6) is 1.68. The van der Waals surface area contributed by atoms with E-state index >= 15 is 0 Å². The lowest BCUT2D eigenvalue weighted by Gasteiger charge is -2.14. The Labute approximate surface area is 125 Å². The molecule has 0 saturated carbocycles. The van der Waals surface area contributed by atoms with Crippen LogP contribution in [0.5, 0.6) is 0 Å². The molecule has 0 amide bonds. The summed E-state index contributed by atoms with van der Waals surface area (Å²) in [5, 5.41) is 6.30. The molecule has 0 aliphatic rings. The largest absolute Gasteiger partial charge is 0.357 e. The molecule has 114 valence electrons. The molecule has 7 heteroatoms. The molecule has 1 atom stereocenters. The first-order valence-electron chi connectivity index (χ1n) is 7.41. The minimum absolute atomic E-state index is 0.333. The van der Waals surface area contributed by atoms with Crippen molar-refractivity contribution >= 4 is 11.9 Å². The summed E-state index contributed by atoms with van der Waals surface area (Å²) in [5.41, 5.74) is 0. The molecule has 0 bridgehead atoms. The van der Waals surface area contributed by atoms with Crippen molar-refractivity contribution in [3.8, 4) is 5.95 Å². The number of imidazole rings is 1. The van der Waals surface area contributed by atoms with Crippen LogP contribution in [0.4, 0.5) is 11.9 Å². The number of nitrogens with zero attached hydrogens (tertiary/aromatic N) is 5. The van der Waals surface area contributed by atoms with Crippen molar-refractivity contribution in [3.63, 3.8) is 0 Å². The lowest BCUT2D eigenvalue weighted by molar-refractivity contribution is 0.611. The Morgan fingerprint density at radius 2 is 2.00 bits per heavy atom. The van der Waals surface area contributed by atoms with E-state index in [1.54, 1.807) is 24.1 Å². The normalized spacial score (nSPS) is 12.1. The van der Waals surface area contributed by atoms with Crippen molar-refractivity contribution in [2.45, 2.75) is 45.6 Å². The molecule has 0 spiro atoms. The van der Waals surface area contributed by atoms with Gasteiger partial charge in [0.1, 0.15) is 6.33 Å². The van der Waals surface area contributed by atoms with Crippen LogP contribution in [-0.2, 0) is 0 Å². The van der Waals surface area contributed by atoms with Crippen LogP contribution in [0.25, 0.3) is 5.95 Å². The van der Waals surface area contributed by atoms with E-state index in [0.717, 1.165) is 6.42 Å². The second kappa shape index (κ2) is 7.56. The molecular weight excluding hydrogens is 266 g/mol. The van der Waals surface area contributed by atoms with Gasteiger partial charge in [-0.25, -0.2) is 4.98 Å². The Morgan fingerprint density at radius 1 is 1.19 bits per heavy atom. The summed E-state index contributed by atoms with van der Waals surface area (Å²) in [6.45, 7) is 4.36. The van der Waals surface area contributed by atoms with Gasteiger partial charge in [0.15, 0.2) is 0 Å². The molecular formula is C14H23N7. The maximum absolute atomic E-state index is 4.44. The quantitative estimate of drug-likeness (QED) is 0.727. The van der Waals surface area contributed by atoms with Gasteiger partial charge in [-0.15, -0.1) is 0 Å². The topological polar surface area (TPSA) is 80.5 Å². The average Bonchev–Trinajstić information content (AvgIpc) is 3.01. The third-order valence-electron chi connectivity index (χ3n) is 3.20. The first-order valence-corrected chi connectivity index (χ1v) is 7.41. The van der Waals surface area contributed by atoms with E-state index in [0.29, 0.717) is 23.9 Å². The third-order valence-corrected chi connectivity index (χ3v) is 3.20. The number of rotatable bonds is 8. The molecule has 2 N–H and O–H groups in total. The molecule has 0 aromatic carbocycles. The van der Waals surface area contributed by atoms with Gasteiger partial charge in [0.2, 0.25) is 17.8 Å². The highest BCUT2D eigenvalue weighted by Gasteiger charge is 2.09. The lowest BCUT2D eigenvalue weighted by Crippen LogP contribution is -2.18. The number of hydrogen-bond donors (Lipinski definition) is 2. The van der Waals surface area contributed by atoms with Crippen molar-refractivity contribution in [2.75, 3.05) is 17.7 Å². The highest BCUT2D eigenvalue weighted by molar-refractivity contribution is 5.38. The highest BCUT2D eigenvalue weighted by Crippen LogP contribution is 2.12. The first kappa shape index (κ1) is 15.2. The van der Waals surface area contributed by atoms with Gasteiger partial charge in [0.05, 0.1) is 0 Å². The van der Waals surface area contributed by atoms with E-state index in [-0.39, 0.29) is 0 Å². The Bertz CT molecular complexity index is 538. The Kier molecular flexibility index (Phi) is 5.48. The molecule has 2 heterocycles. The molecule has 2 aromatic heterocycles. The molecule has 1 unspecified atom stereocenters. The predicted molar refractivity (Wildman–Crippen MR) is 83.7 cm³/mol. The number of unbranched alkanes of at least 4 members (excludes halogenated alkanes) is 2. The summed E-state index contributed by atoms with van der Waals surface area (Å²) in [6, 6.07) is 0.333. The highest BCUT2D eigenvalue weighted by atomic mass is 15.3. The fraction of sp³-hybridized carbons (Fsp3) is 0.571. The smallest absolute Gasteiger partial charge is 0.241 e. The maximum Gasteiger partial charge on any atom is 0.241 e. The van der Waals surface area contributed by atoms with Crippen molar-refractivity contribution in [1.29, 1.82) is 0 Å². The summed E-state index contributed by atoms with van der Waals surface area (Å²) in [7, 11) is 1.79. The standard InChI is InChI=1S/C14H23N7/c1-4-5-6-7-11(2)17-13-18-12(15-3)19-14(20-13)21-9-8-16-10-21/h8-11H,4-7H2,1-3H3,(H2,15,17,18,19,20). The fourth-order valence-corrected chi connectivity index (χ4v) is 2.03. The second-order valence-corrected chi connectivity index (χ2v) is 5.04. The monoisotopic (exact) mass is 289 g/mol. The number of anilines is 2. The molecule has 2 rings (SSSR count). The summed E-state index contributed by atoms with van der Waals surface area (Å²) in [6.07, 6.45) is 9.98. The van der Waals surface area contributed by atoms with E-state index in [4.69, 9.17) is 0 Å². The molecule has 0 aliphatic heterocycles. The third kappa shape index (κ3) is 4.40. The number of aromatic nitrogens is 5. The first-order chi connectivity index (χ1) is 10.2. The van der Waals surface area contributed by atoms with Crippen LogP contribution in [0, 0.1) is 0 Å². The summed E-state index contributed by atoms with van der Waals surface area (Å²) in [4.78, 5) is 17.1. The van der Waals surface area contributed by atoms with Crippen LogP contribution in [0.3, 0.4) is 0 Å². The molecule has 0 aliphatic carbocycles. The van der Waals surface area contributed by atoms with Crippen molar-refractivity contribution in [1.82, 2.24) is 24.5 Å². The zero-order valence-electron chi connectivity index (χ0n) is 12.9. The van der Waals surface area contributed by atoms with Gasteiger partial charge in [0, 0.05) is 25.5 Å². The number of hydrogen-bond acceptors (Lipinski definition) is 6. The lowest BCUT2D eigenvalue weighted by atomic mass is 10.1. The minimum atomic E-state index is 0.333. The van der Waals surface area contributed by atoms with Crippen LogP contribution in [0.2, 0.25) is 0 Å². The van der Waals surface area contributed by atoms with E-state index in [1.807, 2.05) is 6.20 Å². The van der Waals surface area contributed by atoms with E-state index in [1.165, 1.54) is 19.3 Å². The molecule has 0 saturated heterocycles. The van der Waals surface area contributed by atoms with E-state index in [9.17, 15) is 0 Å². The van der Waals surface area contributed by atoms with Gasteiger partial charge in [-0.2, -0.15) is 15.0 Å². The fourth-order valence-electron chi connectivity index (χ4n) is 2.03. The van der Waals surface area contributed by atoms with Gasteiger partial charge in [-0.1, -0.05) is 26.2 Å². The zero-order chi connectivity index (χ0) is 15.1. The zero-order valence-corrected chi connectivity index (χ0v) is 12.9. The van der Waals surface area contributed by atoms with Crippen molar-refractivity contribution in [3.05, 3.63) is 18.7 Å². The van der Waals surface area contributed by atoms with Crippen LogP contribution in [0.15, 0.2) is 18.7 Å². The molecule has 2 aromatic rings. The molecule has 0 fully saturated rings. The molecule has 21 heavy (non-hydrogen) atoms. The second-order valence-electron chi connectivity index (χ2n) is 5.04. The van der Waals surface area contributed by atoms with Gasteiger partial charge in [0.25, 0.3) is 0 Å². The Balaban J connectivity index is 2.10. The van der Waals surface area contributed by atoms with E-state index in [2.05, 4.69) is 44.4 Å². The van der Waals surface area contributed by atoms with Crippen molar-refractivity contribution < 1.29 is 0 Å². The van der Waals surface area contributed by atoms with Gasteiger partial charge in [-0.3, -0.25) is 4.57 Å². The van der Waals surface area contributed by atoms with E-state index < -0.39 is 0 Å².